The molecule has 1 saturated carbocycles. The molecule has 3 atom stereocenters. The lowest BCUT2D eigenvalue weighted by Gasteiger charge is -2.19. The number of carbonyl (C=O) groups excluding carboxylic acids is 1. The Bertz CT molecular complexity index is 865. The van der Waals surface area contributed by atoms with Gasteiger partial charge in [0.2, 0.25) is 5.91 Å². The van der Waals surface area contributed by atoms with Gasteiger partial charge in [0.05, 0.1) is 17.2 Å². The number of hydrogen-bond donors (Lipinski definition) is 1. The summed E-state index contributed by atoms with van der Waals surface area (Å²) in [6.07, 6.45) is 3.61. The first-order chi connectivity index (χ1) is 11.5. The van der Waals surface area contributed by atoms with Crippen molar-refractivity contribution < 1.29 is 4.79 Å². The van der Waals surface area contributed by atoms with Gasteiger partial charge in [0.1, 0.15) is 6.54 Å². The molecule has 0 spiro atoms. The van der Waals surface area contributed by atoms with Gasteiger partial charge in [-0.3, -0.25) is 14.2 Å². The zero-order valence-corrected chi connectivity index (χ0v) is 14.8. The number of hydrogen-bond acceptors (Lipinski definition) is 4. The predicted octanol–water partition coefficient (Wildman–Crippen LogP) is 1.35. The molecule has 2 heterocycles. The van der Waals surface area contributed by atoms with Gasteiger partial charge in [-0.25, -0.2) is 4.98 Å². The molecule has 1 aromatic carbocycles. The lowest BCUT2D eigenvalue weighted by atomic mass is 9.98. The molecule has 6 nitrogen and oxygen atoms in total. The van der Waals surface area contributed by atoms with Crippen LogP contribution in [-0.2, 0) is 11.3 Å². The number of halogens is 1. The largest absolute Gasteiger partial charge is 0.341 e. The smallest absolute Gasteiger partial charge is 0.261 e. The van der Waals surface area contributed by atoms with Gasteiger partial charge in [-0.05, 0) is 42.9 Å². The van der Waals surface area contributed by atoms with E-state index in [9.17, 15) is 9.59 Å². The molecule has 3 unspecified atom stereocenters. The summed E-state index contributed by atoms with van der Waals surface area (Å²) in [6, 6.07) is 5.58. The molecule has 2 fully saturated rings. The normalized spacial score (nSPS) is 26.1. The van der Waals surface area contributed by atoms with Crippen LogP contribution in [0.5, 0.6) is 0 Å². The number of rotatable bonds is 2. The fourth-order valence-corrected chi connectivity index (χ4v) is 4.36. The van der Waals surface area contributed by atoms with Gasteiger partial charge in [-0.15, -0.1) is 0 Å². The van der Waals surface area contributed by atoms with Crippen LogP contribution in [0.15, 0.2) is 33.8 Å². The Hall–Kier alpha value is -1.73. The molecule has 126 valence electrons. The third kappa shape index (κ3) is 2.65. The second-order valence-electron chi connectivity index (χ2n) is 6.80. The zero-order valence-electron chi connectivity index (χ0n) is 13.2. The fourth-order valence-electron chi connectivity index (χ4n) is 4.00. The van der Waals surface area contributed by atoms with Gasteiger partial charge in [0, 0.05) is 23.6 Å². The molecule has 1 aliphatic heterocycles. The molecule has 1 aliphatic carbocycles. The SMILES string of the molecule is NC1CCC2CN(C(=O)Cn3cnc4ccc(Br)cc4c3=O)CC12. The van der Waals surface area contributed by atoms with E-state index in [1.807, 2.05) is 11.0 Å². The summed E-state index contributed by atoms with van der Waals surface area (Å²) in [5.41, 5.74) is 6.57. The van der Waals surface area contributed by atoms with Gasteiger partial charge in [0.25, 0.3) is 5.56 Å². The standard InChI is InChI=1S/C17H19BrN4O2/c18-11-2-4-15-12(5-11)17(24)22(9-20-15)8-16(23)21-6-10-1-3-14(19)13(10)7-21/h2,4-5,9-10,13-14H,1,3,6-8,19H2. The van der Waals surface area contributed by atoms with Crippen molar-refractivity contribution in [1.82, 2.24) is 14.5 Å². The van der Waals surface area contributed by atoms with Crippen molar-refractivity contribution in [2.45, 2.75) is 25.4 Å². The third-order valence-electron chi connectivity index (χ3n) is 5.36. The fraction of sp³-hybridized carbons (Fsp3) is 0.471. The van der Waals surface area contributed by atoms with Gasteiger partial charge in [-0.2, -0.15) is 0 Å². The van der Waals surface area contributed by atoms with E-state index in [4.69, 9.17) is 5.73 Å². The molecule has 2 aromatic rings. The Kier molecular flexibility index (Phi) is 3.92. The molecule has 7 heteroatoms. The van der Waals surface area contributed by atoms with E-state index < -0.39 is 0 Å². The van der Waals surface area contributed by atoms with Crippen LogP contribution in [0.3, 0.4) is 0 Å². The zero-order chi connectivity index (χ0) is 16.8. The highest BCUT2D eigenvalue weighted by atomic mass is 79.9. The van der Waals surface area contributed by atoms with Gasteiger partial charge in [0.15, 0.2) is 0 Å². The van der Waals surface area contributed by atoms with Crippen LogP contribution < -0.4 is 11.3 Å². The van der Waals surface area contributed by atoms with E-state index in [2.05, 4.69) is 20.9 Å². The van der Waals surface area contributed by atoms with Crippen molar-refractivity contribution in [3.8, 4) is 0 Å². The maximum Gasteiger partial charge on any atom is 0.261 e. The van der Waals surface area contributed by atoms with Crippen LogP contribution in [0.2, 0.25) is 0 Å². The molecule has 2 aliphatic rings. The highest BCUT2D eigenvalue weighted by molar-refractivity contribution is 9.10. The highest BCUT2D eigenvalue weighted by Gasteiger charge is 2.42. The van der Waals surface area contributed by atoms with Crippen molar-refractivity contribution in [3.63, 3.8) is 0 Å². The summed E-state index contributed by atoms with van der Waals surface area (Å²) in [4.78, 5) is 31.3. The monoisotopic (exact) mass is 390 g/mol. The van der Waals surface area contributed by atoms with Crippen LogP contribution >= 0.6 is 15.9 Å². The van der Waals surface area contributed by atoms with Crippen LogP contribution in [0, 0.1) is 11.8 Å². The summed E-state index contributed by atoms with van der Waals surface area (Å²) < 4.78 is 2.21. The second-order valence-corrected chi connectivity index (χ2v) is 7.72. The summed E-state index contributed by atoms with van der Waals surface area (Å²) in [5, 5.41) is 0.514. The van der Waals surface area contributed by atoms with E-state index in [-0.39, 0.29) is 24.1 Å². The molecule has 1 aromatic heterocycles. The molecule has 2 N–H and O–H groups in total. The van der Waals surface area contributed by atoms with Crippen molar-refractivity contribution in [3.05, 3.63) is 39.4 Å². The number of aromatic nitrogens is 2. The van der Waals surface area contributed by atoms with E-state index in [1.54, 1.807) is 12.1 Å². The molecular weight excluding hydrogens is 372 g/mol. The minimum atomic E-state index is -0.189. The van der Waals surface area contributed by atoms with Crippen LogP contribution in [0.1, 0.15) is 12.8 Å². The molecule has 1 amide bonds. The first-order valence-corrected chi connectivity index (χ1v) is 9.00. The molecule has 0 bridgehead atoms. The second kappa shape index (κ2) is 5.97. The van der Waals surface area contributed by atoms with E-state index >= 15 is 0 Å². The number of nitrogens with two attached hydrogens (primary N) is 1. The van der Waals surface area contributed by atoms with Crippen molar-refractivity contribution >= 4 is 32.7 Å². The number of carbonyl (C=O) groups is 1. The van der Waals surface area contributed by atoms with Crippen molar-refractivity contribution in [2.24, 2.45) is 17.6 Å². The quantitative estimate of drug-likeness (QED) is 0.838. The van der Waals surface area contributed by atoms with E-state index in [0.29, 0.717) is 29.3 Å². The Balaban J connectivity index is 1.55. The first-order valence-electron chi connectivity index (χ1n) is 8.21. The molecular formula is C17H19BrN4O2. The topological polar surface area (TPSA) is 81.2 Å². The summed E-state index contributed by atoms with van der Waals surface area (Å²) in [6.45, 7) is 1.51. The lowest BCUT2D eigenvalue weighted by molar-refractivity contribution is -0.131. The molecule has 1 saturated heterocycles. The van der Waals surface area contributed by atoms with Crippen LogP contribution in [0.25, 0.3) is 10.9 Å². The average molecular weight is 391 g/mol. The molecule has 0 radical (unpaired) electrons. The van der Waals surface area contributed by atoms with Crippen LogP contribution in [0.4, 0.5) is 0 Å². The number of likely N-dealkylation sites (tertiary alicyclic amines) is 1. The van der Waals surface area contributed by atoms with Gasteiger partial charge >= 0.3 is 0 Å². The van der Waals surface area contributed by atoms with E-state index in [1.165, 1.54) is 10.9 Å². The number of nitrogens with zero attached hydrogens (tertiary/aromatic N) is 3. The maximum atomic E-state index is 12.6. The van der Waals surface area contributed by atoms with Crippen molar-refractivity contribution in [2.75, 3.05) is 13.1 Å². The van der Waals surface area contributed by atoms with Gasteiger partial charge in [-0.1, -0.05) is 15.9 Å². The van der Waals surface area contributed by atoms with Gasteiger partial charge < -0.3 is 10.6 Å². The Morgan fingerprint density at radius 1 is 1.33 bits per heavy atom. The average Bonchev–Trinajstić information content (AvgIpc) is 3.13. The number of fused-ring (bicyclic) bond motifs is 2. The number of amides is 1. The Morgan fingerprint density at radius 3 is 2.96 bits per heavy atom. The third-order valence-corrected chi connectivity index (χ3v) is 5.85. The van der Waals surface area contributed by atoms with Crippen molar-refractivity contribution in [1.29, 1.82) is 0 Å². The predicted molar refractivity (Wildman–Crippen MR) is 94.5 cm³/mol. The Morgan fingerprint density at radius 2 is 2.17 bits per heavy atom. The Labute approximate surface area is 147 Å². The van der Waals surface area contributed by atoms with Crippen LogP contribution in [-0.4, -0.2) is 39.5 Å². The molecule has 24 heavy (non-hydrogen) atoms. The maximum absolute atomic E-state index is 12.6. The summed E-state index contributed by atoms with van der Waals surface area (Å²) in [5.74, 6) is 0.901. The highest BCUT2D eigenvalue weighted by Crippen LogP contribution is 2.37. The lowest BCUT2D eigenvalue weighted by Crippen LogP contribution is -2.37. The minimum absolute atomic E-state index is 0.0307. The number of benzene rings is 1. The minimum Gasteiger partial charge on any atom is -0.341 e. The molecule has 4 rings (SSSR count). The summed E-state index contributed by atoms with van der Waals surface area (Å²) in [7, 11) is 0. The summed E-state index contributed by atoms with van der Waals surface area (Å²) >= 11 is 3.37. The first kappa shape index (κ1) is 15.8. The van der Waals surface area contributed by atoms with E-state index in [0.717, 1.165) is 23.9 Å².